The number of thioether (sulfide) groups is 1. The topological polar surface area (TPSA) is 105 Å². The first-order valence-corrected chi connectivity index (χ1v) is 11.4. The Balaban J connectivity index is 2.04. The Morgan fingerprint density at radius 1 is 1.19 bits per heavy atom. The van der Waals surface area contributed by atoms with Gasteiger partial charge in [-0.15, -0.1) is 0 Å². The molecule has 0 spiro atoms. The van der Waals surface area contributed by atoms with Crippen LogP contribution in [0.4, 0.5) is 0 Å². The summed E-state index contributed by atoms with van der Waals surface area (Å²) >= 11 is 2.95. The van der Waals surface area contributed by atoms with Gasteiger partial charge < -0.3 is 19.7 Å². The molecule has 0 saturated heterocycles. The quantitative estimate of drug-likeness (QED) is 0.388. The summed E-state index contributed by atoms with van der Waals surface area (Å²) in [4.78, 5) is 29.5. The number of phenols is 1. The first-order chi connectivity index (χ1) is 15.2. The second-order valence-corrected chi connectivity index (χ2v) is 8.89. The van der Waals surface area contributed by atoms with Crippen LogP contribution in [0.3, 0.4) is 0 Å². The number of phenolic OH excluding ortho intramolecular Hbond substituents is 1. The van der Waals surface area contributed by atoms with Crippen LogP contribution in [0.2, 0.25) is 0 Å². The Kier molecular flexibility index (Phi) is 7.62. The standard InChI is InChI=1S/C23H20INO6S/c1-4-31-23(29)18-20(27)17(11-13-9-15(24)19(26)16(10-13)30-3)32-22(18)25-21(28)14-7-5-12(2)6-8-14/h5-11,26-27H,4H2,1-3H3/b17-11-,25-22?. The number of esters is 1. The van der Waals surface area contributed by atoms with E-state index in [1.54, 1.807) is 49.4 Å². The highest BCUT2D eigenvalue weighted by Gasteiger charge is 2.34. The number of carbonyl (C=O) groups excluding carboxylic acids is 2. The van der Waals surface area contributed by atoms with Crippen LogP contribution < -0.4 is 4.74 Å². The van der Waals surface area contributed by atoms with Gasteiger partial charge in [-0.3, -0.25) is 4.79 Å². The van der Waals surface area contributed by atoms with Crippen LogP contribution in [0.1, 0.15) is 28.4 Å². The van der Waals surface area contributed by atoms with Crippen molar-refractivity contribution in [2.24, 2.45) is 4.99 Å². The summed E-state index contributed by atoms with van der Waals surface area (Å²) in [5.74, 6) is -1.36. The molecule has 0 unspecified atom stereocenters. The molecular formula is C23H20INO6S. The van der Waals surface area contributed by atoms with Crippen molar-refractivity contribution in [3.05, 3.63) is 72.9 Å². The highest BCUT2D eigenvalue weighted by Crippen LogP contribution is 2.40. The maximum atomic E-state index is 12.7. The van der Waals surface area contributed by atoms with Crippen LogP contribution in [-0.4, -0.2) is 40.8 Å². The lowest BCUT2D eigenvalue weighted by Crippen LogP contribution is -2.14. The van der Waals surface area contributed by atoms with Crippen molar-refractivity contribution in [1.29, 1.82) is 0 Å². The molecule has 1 amide bonds. The van der Waals surface area contributed by atoms with Gasteiger partial charge in [-0.2, -0.15) is 0 Å². The fourth-order valence-corrected chi connectivity index (χ4v) is 4.47. The number of carbonyl (C=O) groups is 2. The molecule has 3 rings (SSSR count). The molecule has 2 aromatic carbocycles. The van der Waals surface area contributed by atoms with Gasteiger partial charge in [-0.05, 0) is 72.3 Å². The second kappa shape index (κ2) is 10.2. The van der Waals surface area contributed by atoms with E-state index in [9.17, 15) is 19.8 Å². The summed E-state index contributed by atoms with van der Waals surface area (Å²) in [7, 11) is 1.43. The maximum Gasteiger partial charge on any atom is 0.344 e. The molecular weight excluding hydrogens is 545 g/mol. The lowest BCUT2D eigenvalue weighted by Gasteiger charge is -2.07. The first-order valence-electron chi connectivity index (χ1n) is 9.52. The van der Waals surface area contributed by atoms with E-state index in [-0.39, 0.29) is 34.5 Å². The number of aliphatic imine (C=N–C) groups is 1. The van der Waals surface area contributed by atoms with Crippen LogP contribution in [0.25, 0.3) is 6.08 Å². The van der Waals surface area contributed by atoms with Gasteiger partial charge >= 0.3 is 5.97 Å². The van der Waals surface area contributed by atoms with Crippen LogP contribution in [-0.2, 0) is 9.53 Å². The normalized spacial score (nSPS) is 16.0. The van der Waals surface area contributed by atoms with Gasteiger partial charge in [0.2, 0.25) is 0 Å². The van der Waals surface area contributed by atoms with Crippen LogP contribution in [0, 0.1) is 10.5 Å². The lowest BCUT2D eigenvalue weighted by molar-refractivity contribution is -0.138. The van der Waals surface area contributed by atoms with Crippen molar-refractivity contribution < 1.29 is 29.3 Å². The minimum Gasteiger partial charge on any atom is -0.506 e. The van der Waals surface area contributed by atoms with Crippen molar-refractivity contribution in [2.75, 3.05) is 13.7 Å². The maximum absolute atomic E-state index is 12.7. The Morgan fingerprint density at radius 3 is 2.50 bits per heavy atom. The van der Waals surface area contributed by atoms with E-state index < -0.39 is 11.9 Å². The van der Waals surface area contributed by atoms with E-state index in [1.807, 2.05) is 29.5 Å². The number of methoxy groups -OCH3 is 1. The number of aliphatic hydroxyl groups excluding tert-OH is 1. The number of rotatable bonds is 5. The average molecular weight is 565 g/mol. The molecule has 1 aliphatic heterocycles. The van der Waals surface area contributed by atoms with Gasteiger partial charge in [0.1, 0.15) is 16.4 Å². The zero-order chi connectivity index (χ0) is 23.4. The number of nitrogens with zero attached hydrogens (tertiary/aromatic N) is 1. The van der Waals surface area contributed by atoms with Gasteiger partial charge in [0, 0.05) is 5.56 Å². The van der Waals surface area contributed by atoms with Crippen molar-refractivity contribution in [2.45, 2.75) is 13.8 Å². The van der Waals surface area contributed by atoms with Crippen LogP contribution >= 0.6 is 34.4 Å². The highest BCUT2D eigenvalue weighted by atomic mass is 127. The third-order valence-corrected chi connectivity index (χ3v) is 6.28. The molecule has 0 bridgehead atoms. The number of hydrogen-bond donors (Lipinski definition) is 2. The van der Waals surface area contributed by atoms with E-state index in [4.69, 9.17) is 9.47 Å². The number of ether oxygens (including phenoxy) is 2. The third kappa shape index (κ3) is 5.16. The fourth-order valence-electron chi connectivity index (χ4n) is 2.83. The predicted octanol–water partition coefficient (Wildman–Crippen LogP) is 5.02. The Labute approximate surface area is 203 Å². The molecule has 2 N–H and O–H groups in total. The zero-order valence-corrected chi connectivity index (χ0v) is 20.5. The van der Waals surface area contributed by atoms with E-state index in [2.05, 4.69) is 4.99 Å². The molecule has 0 atom stereocenters. The van der Waals surface area contributed by atoms with Crippen molar-refractivity contribution in [3.8, 4) is 11.5 Å². The lowest BCUT2D eigenvalue weighted by atomic mass is 10.1. The number of aryl methyl sites for hydroxylation is 1. The van der Waals surface area contributed by atoms with Gasteiger partial charge in [-0.1, -0.05) is 29.5 Å². The molecule has 32 heavy (non-hydrogen) atoms. The predicted molar refractivity (Wildman–Crippen MR) is 132 cm³/mol. The summed E-state index contributed by atoms with van der Waals surface area (Å²) in [6.45, 7) is 3.66. The smallest absolute Gasteiger partial charge is 0.344 e. The molecule has 0 fully saturated rings. The summed E-state index contributed by atoms with van der Waals surface area (Å²) in [5.41, 5.74) is 1.82. The molecule has 0 radical (unpaired) electrons. The average Bonchev–Trinajstić information content (AvgIpc) is 3.05. The SMILES string of the molecule is CCOC(=O)C1=C(O)/C(=C/c2cc(I)c(O)c(OC)c2)SC1=NC(=O)c1ccc(C)cc1. The van der Waals surface area contributed by atoms with Gasteiger partial charge in [-0.25, -0.2) is 9.79 Å². The van der Waals surface area contributed by atoms with Gasteiger partial charge in [0.25, 0.3) is 5.91 Å². The van der Waals surface area contributed by atoms with Crippen LogP contribution in [0.5, 0.6) is 11.5 Å². The molecule has 7 nitrogen and oxygen atoms in total. The van der Waals surface area contributed by atoms with E-state index in [1.165, 1.54) is 7.11 Å². The Bertz CT molecular complexity index is 1170. The molecule has 1 heterocycles. The molecule has 0 aromatic heterocycles. The first kappa shape index (κ1) is 23.9. The molecule has 0 aliphatic carbocycles. The molecule has 2 aromatic rings. The van der Waals surface area contributed by atoms with Gasteiger partial charge in [0.15, 0.2) is 11.5 Å². The number of aliphatic hydroxyl groups is 1. The minimum absolute atomic E-state index is 0.00671. The zero-order valence-electron chi connectivity index (χ0n) is 17.5. The molecule has 9 heteroatoms. The highest BCUT2D eigenvalue weighted by molar-refractivity contribution is 14.1. The fraction of sp³-hybridized carbons (Fsp3) is 0.174. The minimum atomic E-state index is -0.769. The number of hydrogen-bond acceptors (Lipinski definition) is 7. The second-order valence-electron chi connectivity index (χ2n) is 6.70. The monoisotopic (exact) mass is 565 g/mol. The van der Waals surface area contributed by atoms with E-state index in [0.717, 1.165) is 17.3 Å². The van der Waals surface area contributed by atoms with Crippen molar-refractivity contribution in [3.63, 3.8) is 0 Å². The summed E-state index contributed by atoms with van der Waals surface area (Å²) in [5, 5.41) is 20.9. The number of halogens is 1. The Hall–Kier alpha value is -2.79. The summed E-state index contributed by atoms with van der Waals surface area (Å²) in [6.07, 6.45) is 1.61. The van der Waals surface area contributed by atoms with Crippen molar-refractivity contribution >= 4 is 57.3 Å². The largest absolute Gasteiger partial charge is 0.506 e. The van der Waals surface area contributed by atoms with Crippen LogP contribution in [0.15, 0.2) is 57.6 Å². The molecule has 1 aliphatic rings. The molecule has 0 saturated carbocycles. The Morgan fingerprint density at radius 2 is 1.88 bits per heavy atom. The molecule has 166 valence electrons. The number of aromatic hydroxyl groups is 1. The van der Waals surface area contributed by atoms with E-state index in [0.29, 0.717) is 19.6 Å². The third-order valence-electron chi connectivity index (χ3n) is 4.44. The van der Waals surface area contributed by atoms with Crippen molar-refractivity contribution in [1.82, 2.24) is 0 Å². The number of benzene rings is 2. The van der Waals surface area contributed by atoms with Gasteiger partial charge in [0.05, 0.1) is 22.2 Å². The van der Waals surface area contributed by atoms with E-state index >= 15 is 0 Å². The summed E-state index contributed by atoms with van der Waals surface area (Å²) in [6, 6.07) is 10.2. The number of amides is 1. The summed E-state index contributed by atoms with van der Waals surface area (Å²) < 4.78 is 10.8.